The van der Waals surface area contributed by atoms with Crippen LogP contribution in [0.3, 0.4) is 0 Å². The molecule has 3 fully saturated rings. The molecule has 2 atom stereocenters. The number of ether oxygens (including phenoxy) is 3. The number of aliphatic hydroxyl groups excluding tert-OH is 2. The van der Waals surface area contributed by atoms with E-state index >= 15 is 0 Å². The van der Waals surface area contributed by atoms with Crippen LogP contribution in [0.2, 0.25) is 0 Å². The number of rotatable bonds is 4. The van der Waals surface area contributed by atoms with Gasteiger partial charge in [0.1, 0.15) is 12.2 Å². The SMILES string of the molecule is C(OCC1CO1)C1CO1.CC1(C)C(O)C(C)(C)C1O. The highest BCUT2D eigenvalue weighted by atomic mass is 16.6. The molecular weight excluding hydrogens is 248 g/mol. The number of hydrogen-bond donors (Lipinski definition) is 2. The fraction of sp³-hybridized carbons (Fsp3) is 1.00. The van der Waals surface area contributed by atoms with Crippen LogP contribution in [0.25, 0.3) is 0 Å². The van der Waals surface area contributed by atoms with Crippen molar-refractivity contribution < 1.29 is 24.4 Å². The van der Waals surface area contributed by atoms with Crippen LogP contribution in [0, 0.1) is 10.8 Å². The summed E-state index contributed by atoms with van der Waals surface area (Å²) in [6, 6.07) is 0. The first-order valence-electron chi connectivity index (χ1n) is 6.93. The fourth-order valence-electron chi connectivity index (χ4n) is 2.78. The molecule has 2 N–H and O–H groups in total. The average molecular weight is 274 g/mol. The van der Waals surface area contributed by atoms with Gasteiger partial charge in [0.2, 0.25) is 0 Å². The second kappa shape index (κ2) is 5.30. The van der Waals surface area contributed by atoms with Gasteiger partial charge in [0.05, 0.1) is 38.6 Å². The van der Waals surface area contributed by atoms with E-state index in [4.69, 9.17) is 14.2 Å². The normalized spacial score (nSPS) is 40.7. The molecule has 0 spiro atoms. The smallest absolute Gasteiger partial charge is 0.104 e. The van der Waals surface area contributed by atoms with Crippen LogP contribution in [0.5, 0.6) is 0 Å². The van der Waals surface area contributed by atoms with Gasteiger partial charge in [-0.1, -0.05) is 27.7 Å². The minimum atomic E-state index is -0.380. The van der Waals surface area contributed by atoms with Gasteiger partial charge < -0.3 is 24.4 Å². The summed E-state index contributed by atoms with van der Waals surface area (Å²) in [5.41, 5.74) is -0.632. The summed E-state index contributed by atoms with van der Waals surface area (Å²) in [4.78, 5) is 0. The van der Waals surface area contributed by atoms with Crippen molar-refractivity contribution in [3.63, 3.8) is 0 Å². The zero-order valence-electron chi connectivity index (χ0n) is 12.3. The Morgan fingerprint density at radius 2 is 1.21 bits per heavy atom. The van der Waals surface area contributed by atoms with E-state index in [0.29, 0.717) is 12.2 Å². The highest BCUT2D eigenvalue weighted by Crippen LogP contribution is 2.53. The standard InChI is InChI=1S/C8H16O2.C6H10O3/c1-7(2)5(9)8(3,4)6(7)10;1(5-3-8-5)7-2-6-4-9-6/h5-6,9-10H,1-4H3;5-6H,1-4H2. The molecule has 1 aliphatic carbocycles. The van der Waals surface area contributed by atoms with Crippen LogP contribution in [0.1, 0.15) is 27.7 Å². The predicted molar refractivity (Wildman–Crippen MR) is 69.9 cm³/mol. The first-order chi connectivity index (χ1) is 8.76. The summed E-state index contributed by atoms with van der Waals surface area (Å²) in [6.07, 6.45) is 0.0255. The minimum absolute atomic E-state index is 0.316. The van der Waals surface area contributed by atoms with Crippen LogP contribution in [0.4, 0.5) is 0 Å². The van der Waals surface area contributed by atoms with Crippen molar-refractivity contribution >= 4 is 0 Å². The molecule has 112 valence electrons. The maximum Gasteiger partial charge on any atom is 0.104 e. The lowest BCUT2D eigenvalue weighted by Crippen LogP contribution is -2.67. The Hall–Kier alpha value is -0.200. The Labute approximate surface area is 114 Å². The molecule has 2 unspecified atom stereocenters. The van der Waals surface area contributed by atoms with E-state index in [9.17, 15) is 10.2 Å². The first-order valence-corrected chi connectivity index (χ1v) is 6.93. The van der Waals surface area contributed by atoms with Gasteiger partial charge in [0.15, 0.2) is 0 Å². The molecule has 2 aliphatic heterocycles. The molecule has 0 radical (unpaired) electrons. The summed E-state index contributed by atoms with van der Waals surface area (Å²) in [7, 11) is 0. The summed E-state index contributed by atoms with van der Waals surface area (Å²) < 4.78 is 15.1. The van der Waals surface area contributed by atoms with Crippen molar-refractivity contribution in [1.29, 1.82) is 0 Å². The van der Waals surface area contributed by atoms with Crippen LogP contribution < -0.4 is 0 Å². The average Bonchev–Trinajstić information content (AvgIpc) is 3.21. The molecule has 2 heterocycles. The highest BCUT2D eigenvalue weighted by Gasteiger charge is 2.60. The fourth-order valence-corrected chi connectivity index (χ4v) is 2.78. The summed E-state index contributed by atoms with van der Waals surface area (Å²) in [5.74, 6) is 0. The third kappa shape index (κ3) is 3.47. The van der Waals surface area contributed by atoms with Crippen molar-refractivity contribution in [3.05, 3.63) is 0 Å². The summed E-state index contributed by atoms with van der Waals surface area (Å²) in [6.45, 7) is 10.8. The molecule has 5 heteroatoms. The molecule has 3 rings (SSSR count). The molecule has 5 nitrogen and oxygen atoms in total. The van der Waals surface area contributed by atoms with E-state index in [2.05, 4.69) is 0 Å². The zero-order valence-corrected chi connectivity index (χ0v) is 12.3. The van der Waals surface area contributed by atoms with Crippen LogP contribution in [-0.4, -0.2) is 61.1 Å². The second-order valence-electron chi connectivity index (χ2n) is 6.90. The van der Waals surface area contributed by atoms with Gasteiger partial charge in [0.25, 0.3) is 0 Å². The van der Waals surface area contributed by atoms with Gasteiger partial charge in [0, 0.05) is 10.8 Å². The van der Waals surface area contributed by atoms with Gasteiger partial charge in [-0.15, -0.1) is 0 Å². The maximum absolute atomic E-state index is 9.51. The summed E-state index contributed by atoms with van der Waals surface area (Å²) in [5, 5.41) is 19.0. The largest absolute Gasteiger partial charge is 0.392 e. The van der Waals surface area contributed by atoms with E-state index in [0.717, 1.165) is 26.4 Å². The molecule has 0 amide bonds. The Morgan fingerprint density at radius 1 is 0.895 bits per heavy atom. The minimum Gasteiger partial charge on any atom is -0.392 e. The maximum atomic E-state index is 9.51. The third-order valence-electron chi connectivity index (χ3n) is 4.23. The lowest BCUT2D eigenvalue weighted by atomic mass is 9.51. The third-order valence-corrected chi connectivity index (χ3v) is 4.23. The Bertz CT molecular complexity index is 265. The molecular formula is C14H26O5. The molecule has 0 bridgehead atoms. The van der Waals surface area contributed by atoms with Crippen molar-refractivity contribution in [2.75, 3.05) is 26.4 Å². The van der Waals surface area contributed by atoms with E-state index < -0.39 is 0 Å². The number of epoxide rings is 2. The monoisotopic (exact) mass is 274 g/mol. The van der Waals surface area contributed by atoms with Crippen molar-refractivity contribution in [2.45, 2.75) is 52.1 Å². The molecule has 0 aromatic carbocycles. The molecule has 3 aliphatic rings. The quantitative estimate of drug-likeness (QED) is 0.733. The number of hydrogen-bond acceptors (Lipinski definition) is 5. The molecule has 1 saturated carbocycles. The number of aliphatic hydroxyl groups is 2. The first kappa shape index (κ1) is 15.2. The lowest BCUT2D eigenvalue weighted by molar-refractivity contribution is -0.247. The molecule has 2 saturated heterocycles. The van der Waals surface area contributed by atoms with E-state index in [1.54, 1.807) is 0 Å². The molecule has 0 aromatic rings. The summed E-state index contributed by atoms with van der Waals surface area (Å²) >= 11 is 0. The van der Waals surface area contributed by atoms with Crippen molar-refractivity contribution in [2.24, 2.45) is 10.8 Å². The van der Waals surface area contributed by atoms with E-state index in [1.807, 2.05) is 27.7 Å². The van der Waals surface area contributed by atoms with E-state index in [-0.39, 0.29) is 23.0 Å². The predicted octanol–water partition coefficient (Wildman–Crippen LogP) is 0.575. The highest BCUT2D eigenvalue weighted by molar-refractivity contribution is 5.09. The Morgan fingerprint density at radius 3 is 1.42 bits per heavy atom. The second-order valence-corrected chi connectivity index (χ2v) is 6.90. The van der Waals surface area contributed by atoms with Crippen molar-refractivity contribution in [3.8, 4) is 0 Å². The molecule has 0 aromatic heterocycles. The van der Waals surface area contributed by atoms with Crippen LogP contribution >= 0.6 is 0 Å². The van der Waals surface area contributed by atoms with Crippen LogP contribution in [-0.2, 0) is 14.2 Å². The zero-order chi connectivity index (χ0) is 14.3. The lowest BCUT2D eigenvalue weighted by Gasteiger charge is -2.59. The van der Waals surface area contributed by atoms with Gasteiger partial charge >= 0.3 is 0 Å². The van der Waals surface area contributed by atoms with Gasteiger partial charge in [-0.25, -0.2) is 0 Å². The Kier molecular flexibility index (Phi) is 4.23. The van der Waals surface area contributed by atoms with Crippen molar-refractivity contribution in [1.82, 2.24) is 0 Å². The van der Waals surface area contributed by atoms with Gasteiger partial charge in [-0.3, -0.25) is 0 Å². The Balaban J connectivity index is 0.000000141. The van der Waals surface area contributed by atoms with Crippen LogP contribution in [0.15, 0.2) is 0 Å². The molecule has 19 heavy (non-hydrogen) atoms. The van der Waals surface area contributed by atoms with E-state index in [1.165, 1.54) is 0 Å². The van der Waals surface area contributed by atoms with Gasteiger partial charge in [-0.2, -0.15) is 0 Å². The topological polar surface area (TPSA) is 74.8 Å². The van der Waals surface area contributed by atoms with Gasteiger partial charge in [-0.05, 0) is 0 Å².